The summed E-state index contributed by atoms with van der Waals surface area (Å²) in [5.41, 5.74) is 0.147. The van der Waals surface area contributed by atoms with Gasteiger partial charge in [0.15, 0.2) is 0 Å². The lowest BCUT2D eigenvalue weighted by atomic mass is 9.47. The Balaban J connectivity index is 2.15. The molecule has 0 aromatic carbocycles. The smallest absolute Gasteiger partial charge is 0.139 e. The van der Waals surface area contributed by atoms with Crippen molar-refractivity contribution in [2.45, 2.75) is 77.6 Å². The van der Waals surface area contributed by atoms with Crippen LogP contribution < -0.4 is 0 Å². The third kappa shape index (κ3) is 2.45. The van der Waals surface area contributed by atoms with Crippen LogP contribution in [-0.4, -0.2) is 13.9 Å². The lowest BCUT2D eigenvalue weighted by Crippen LogP contribution is -2.57. The predicted octanol–water partition coefficient (Wildman–Crippen LogP) is 4.89. The van der Waals surface area contributed by atoms with Crippen LogP contribution in [0.15, 0.2) is 0 Å². The second-order valence-electron chi connectivity index (χ2n) is 7.85. The largest absolute Gasteiger partial charge is 0.299 e. The van der Waals surface area contributed by atoms with Gasteiger partial charge < -0.3 is 0 Å². The second kappa shape index (κ2) is 5.11. The van der Waals surface area contributed by atoms with E-state index >= 15 is 0 Å². The predicted molar refractivity (Wildman–Crippen MR) is 80.6 cm³/mol. The zero-order chi connectivity index (χ0) is 13.4. The molecule has 1 nitrogen and oxygen atoms in total. The highest BCUT2D eigenvalue weighted by Crippen LogP contribution is 2.61. The SMILES string of the molecule is CCCC1CC(C[Si](C)(C)C)C12CCCCC2=O. The molecule has 0 aromatic heterocycles. The van der Waals surface area contributed by atoms with Gasteiger partial charge in [-0.1, -0.05) is 45.5 Å². The van der Waals surface area contributed by atoms with Crippen molar-refractivity contribution in [3.05, 3.63) is 0 Å². The van der Waals surface area contributed by atoms with Crippen LogP contribution in [0.5, 0.6) is 0 Å². The lowest BCUT2D eigenvalue weighted by Gasteiger charge is -2.58. The van der Waals surface area contributed by atoms with Crippen LogP contribution in [0, 0.1) is 17.3 Å². The minimum atomic E-state index is -1.03. The first-order valence-electron chi connectivity index (χ1n) is 7.93. The molecule has 2 heteroatoms. The Labute approximate surface area is 114 Å². The standard InChI is InChI=1S/C16H30OSi/c1-5-8-13-11-14(12-18(2,3)4)16(13)10-7-6-9-15(16)17/h13-14H,5-12H2,1-4H3. The van der Waals surface area contributed by atoms with Gasteiger partial charge in [0.2, 0.25) is 0 Å². The van der Waals surface area contributed by atoms with Crippen molar-refractivity contribution in [2.24, 2.45) is 17.3 Å². The summed E-state index contributed by atoms with van der Waals surface area (Å²) in [6.45, 7) is 9.65. The van der Waals surface area contributed by atoms with Gasteiger partial charge in [0.1, 0.15) is 5.78 Å². The minimum Gasteiger partial charge on any atom is -0.299 e. The van der Waals surface area contributed by atoms with Gasteiger partial charge in [-0.25, -0.2) is 0 Å². The number of rotatable bonds is 4. The maximum Gasteiger partial charge on any atom is 0.139 e. The number of hydrogen-bond acceptors (Lipinski definition) is 1. The lowest BCUT2D eigenvalue weighted by molar-refractivity contribution is -0.154. The van der Waals surface area contributed by atoms with Gasteiger partial charge in [-0.2, -0.15) is 0 Å². The fourth-order valence-corrected chi connectivity index (χ4v) is 6.61. The molecular formula is C16H30OSi. The number of hydrogen-bond donors (Lipinski definition) is 0. The Morgan fingerprint density at radius 3 is 2.50 bits per heavy atom. The van der Waals surface area contributed by atoms with Crippen LogP contribution in [-0.2, 0) is 4.79 Å². The van der Waals surface area contributed by atoms with Crippen LogP contribution >= 0.6 is 0 Å². The van der Waals surface area contributed by atoms with Gasteiger partial charge in [0.25, 0.3) is 0 Å². The molecule has 1 spiro atoms. The van der Waals surface area contributed by atoms with Crippen molar-refractivity contribution in [1.82, 2.24) is 0 Å². The van der Waals surface area contributed by atoms with Crippen molar-refractivity contribution in [1.29, 1.82) is 0 Å². The van der Waals surface area contributed by atoms with Crippen molar-refractivity contribution in [2.75, 3.05) is 0 Å². The molecule has 2 saturated carbocycles. The summed E-state index contributed by atoms with van der Waals surface area (Å²) in [4.78, 5) is 12.6. The highest BCUT2D eigenvalue weighted by atomic mass is 28.3. The van der Waals surface area contributed by atoms with E-state index in [0.717, 1.165) is 24.7 Å². The molecule has 2 aliphatic carbocycles. The van der Waals surface area contributed by atoms with E-state index < -0.39 is 8.07 Å². The van der Waals surface area contributed by atoms with Crippen molar-refractivity contribution in [3.8, 4) is 0 Å². The average Bonchev–Trinajstić information content (AvgIpc) is 2.27. The molecule has 3 unspecified atom stereocenters. The van der Waals surface area contributed by atoms with Gasteiger partial charge in [0.05, 0.1) is 0 Å². The minimum absolute atomic E-state index is 0.147. The molecule has 0 aromatic rings. The Kier molecular flexibility index (Phi) is 4.06. The monoisotopic (exact) mass is 266 g/mol. The van der Waals surface area contributed by atoms with Gasteiger partial charge >= 0.3 is 0 Å². The molecule has 18 heavy (non-hydrogen) atoms. The average molecular weight is 267 g/mol. The second-order valence-corrected chi connectivity index (χ2v) is 13.4. The highest BCUT2D eigenvalue weighted by molar-refractivity contribution is 6.76. The molecule has 0 radical (unpaired) electrons. The fraction of sp³-hybridized carbons (Fsp3) is 0.938. The third-order valence-corrected chi connectivity index (χ3v) is 7.00. The van der Waals surface area contributed by atoms with Crippen molar-refractivity contribution < 1.29 is 4.79 Å². The molecule has 0 amide bonds. The van der Waals surface area contributed by atoms with E-state index in [1.807, 2.05) is 0 Å². The third-order valence-electron chi connectivity index (χ3n) is 5.29. The fourth-order valence-electron chi connectivity index (χ4n) is 4.60. The highest BCUT2D eigenvalue weighted by Gasteiger charge is 2.59. The van der Waals surface area contributed by atoms with E-state index in [-0.39, 0.29) is 5.41 Å². The van der Waals surface area contributed by atoms with Gasteiger partial charge in [-0.3, -0.25) is 4.79 Å². The summed E-state index contributed by atoms with van der Waals surface area (Å²) >= 11 is 0. The van der Waals surface area contributed by atoms with Crippen LogP contribution in [0.25, 0.3) is 0 Å². The molecule has 0 heterocycles. The number of carbonyl (C=O) groups excluding carboxylic acids is 1. The topological polar surface area (TPSA) is 17.1 Å². The van der Waals surface area contributed by atoms with Crippen LogP contribution in [0.2, 0.25) is 25.7 Å². The Hall–Kier alpha value is -0.113. The summed E-state index contributed by atoms with van der Waals surface area (Å²) < 4.78 is 0. The summed E-state index contributed by atoms with van der Waals surface area (Å²) in [6.07, 6.45) is 8.43. The molecule has 3 atom stereocenters. The van der Waals surface area contributed by atoms with Crippen LogP contribution in [0.1, 0.15) is 51.9 Å². The molecule has 2 rings (SSSR count). The van der Waals surface area contributed by atoms with Crippen molar-refractivity contribution >= 4 is 13.9 Å². The summed E-state index contributed by atoms with van der Waals surface area (Å²) in [7, 11) is -1.03. The molecule has 0 aliphatic heterocycles. The van der Waals surface area contributed by atoms with Crippen LogP contribution in [0.4, 0.5) is 0 Å². The normalized spacial score (nSPS) is 36.8. The summed E-state index contributed by atoms with van der Waals surface area (Å²) in [5, 5.41) is 0. The number of Topliss-reactive ketones (excluding diaryl/α,β-unsaturated/α-hetero) is 1. The van der Waals surface area contributed by atoms with Gasteiger partial charge in [-0.15, -0.1) is 0 Å². The Bertz CT molecular complexity index is 318. The molecular weight excluding hydrogens is 236 g/mol. The maximum absolute atomic E-state index is 12.6. The van der Waals surface area contributed by atoms with E-state index in [1.165, 1.54) is 38.1 Å². The van der Waals surface area contributed by atoms with E-state index in [4.69, 9.17) is 0 Å². The molecule has 2 fully saturated rings. The molecule has 0 bridgehead atoms. The number of ketones is 1. The molecule has 104 valence electrons. The van der Waals surface area contributed by atoms with E-state index in [9.17, 15) is 4.79 Å². The van der Waals surface area contributed by atoms with Gasteiger partial charge in [0, 0.05) is 19.9 Å². The quantitative estimate of drug-likeness (QED) is 0.662. The van der Waals surface area contributed by atoms with E-state index in [0.29, 0.717) is 5.78 Å². The zero-order valence-electron chi connectivity index (χ0n) is 12.7. The van der Waals surface area contributed by atoms with E-state index in [1.54, 1.807) is 0 Å². The first kappa shape index (κ1) is 14.3. The van der Waals surface area contributed by atoms with Crippen molar-refractivity contribution in [3.63, 3.8) is 0 Å². The van der Waals surface area contributed by atoms with E-state index in [2.05, 4.69) is 26.6 Å². The van der Waals surface area contributed by atoms with Crippen LogP contribution in [0.3, 0.4) is 0 Å². The Morgan fingerprint density at radius 2 is 1.94 bits per heavy atom. The Morgan fingerprint density at radius 1 is 1.22 bits per heavy atom. The van der Waals surface area contributed by atoms with Gasteiger partial charge in [-0.05, 0) is 37.5 Å². The summed E-state index contributed by atoms with van der Waals surface area (Å²) in [5.74, 6) is 2.12. The first-order valence-corrected chi connectivity index (χ1v) is 11.6. The maximum atomic E-state index is 12.6. The zero-order valence-corrected chi connectivity index (χ0v) is 13.7. The molecule has 2 aliphatic rings. The first-order chi connectivity index (χ1) is 8.40. The number of carbonyl (C=O) groups is 1. The molecule has 0 N–H and O–H groups in total. The summed E-state index contributed by atoms with van der Waals surface area (Å²) in [6, 6.07) is 1.37. The molecule has 0 saturated heterocycles.